The highest BCUT2D eigenvalue weighted by atomic mass is 19.1. The Labute approximate surface area is 216 Å². The molecule has 2 N–H and O–H groups in total. The lowest BCUT2D eigenvalue weighted by Gasteiger charge is -2.34. The minimum atomic E-state index is -0.677. The van der Waals surface area contributed by atoms with Gasteiger partial charge in [-0.25, -0.2) is 9.18 Å². The number of hydrogen-bond donors (Lipinski definition) is 1. The van der Waals surface area contributed by atoms with Crippen LogP contribution >= 0.6 is 0 Å². The maximum Gasteiger partial charge on any atom is 0.338 e. The zero-order valence-electron chi connectivity index (χ0n) is 21.0. The Kier molecular flexibility index (Phi) is 7.35. The predicted octanol–water partition coefficient (Wildman–Crippen LogP) is 3.98. The Hall–Kier alpha value is -3.55. The molecule has 1 fully saturated rings. The molecule has 0 spiro atoms. The molecular weight excluding hydrogens is 469 g/mol. The number of esters is 1. The Morgan fingerprint density at radius 3 is 2.24 bits per heavy atom. The molecular formula is C30H32FN3O3. The molecule has 5 rings (SSSR count). The lowest BCUT2D eigenvalue weighted by Crippen LogP contribution is -2.44. The molecule has 2 unspecified atom stereocenters. The lowest BCUT2D eigenvalue weighted by atomic mass is 9.79. The van der Waals surface area contributed by atoms with Crippen LogP contribution in [0.15, 0.2) is 66.7 Å². The minimum absolute atomic E-state index is 0.298. The molecule has 1 aliphatic carbocycles. The summed E-state index contributed by atoms with van der Waals surface area (Å²) in [6, 6.07) is 19.4. The monoisotopic (exact) mass is 501 g/mol. The largest absolute Gasteiger partial charge is 0.458 e. The first-order chi connectivity index (χ1) is 17.9. The van der Waals surface area contributed by atoms with Crippen LogP contribution in [0.2, 0.25) is 0 Å². The van der Waals surface area contributed by atoms with Gasteiger partial charge in [-0.3, -0.25) is 9.69 Å². The van der Waals surface area contributed by atoms with Crippen LogP contribution < -0.4 is 5.73 Å². The Morgan fingerprint density at radius 2 is 1.59 bits per heavy atom. The van der Waals surface area contributed by atoms with E-state index in [0.29, 0.717) is 12.0 Å². The fourth-order valence-corrected chi connectivity index (χ4v) is 5.32. The summed E-state index contributed by atoms with van der Waals surface area (Å²) in [5.74, 6) is -1.95. The molecule has 0 saturated carbocycles. The quantitative estimate of drug-likeness (QED) is 0.517. The van der Waals surface area contributed by atoms with E-state index < -0.39 is 23.9 Å². The number of hydrogen-bond acceptors (Lipinski definition) is 5. The summed E-state index contributed by atoms with van der Waals surface area (Å²) in [7, 11) is 2.15. The van der Waals surface area contributed by atoms with E-state index >= 15 is 0 Å². The van der Waals surface area contributed by atoms with E-state index in [0.717, 1.165) is 61.4 Å². The number of carbonyl (C=O) groups excluding carboxylic acids is 2. The van der Waals surface area contributed by atoms with Gasteiger partial charge in [-0.2, -0.15) is 0 Å². The van der Waals surface area contributed by atoms with E-state index in [1.165, 1.54) is 17.7 Å². The summed E-state index contributed by atoms with van der Waals surface area (Å²) >= 11 is 0. The molecule has 37 heavy (non-hydrogen) atoms. The van der Waals surface area contributed by atoms with Gasteiger partial charge in [0.2, 0.25) is 5.91 Å². The topological polar surface area (TPSA) is 75.9 Å². The minimum Gasteiger partial charge on any atom is -0.458 e. The molecule has 7 heteroatoms. The van der Waals surface area contributed by atoms with E-state index in [1.54, 1.807) is 36.4 Å². The number of piperazine rings is 1. The summed E-state index contributed by atoms with van der Waals surface area (Å²) in [5.41, 5.74) is 11.1. The van der Waals surface area contributed by atoms with Crippen molar-refractivity contribution in [2.24, 2.45) is 5.73 Å². The van der Waals surface area contributed by atoms with Crippen molar-refractivity contribution in [2.45, 2.75) is 31.4 Å². The molecule has 1 amide bonds. The number of halogens is 1. The Balaban J connectivity index is 1.27. The van der Waals surface area contributed by atoms with Gasteiger partial charge in [0.25, 0.3) is 0 Å². The molecule has 1 saturated heterocycles. The van der Waals surface area contributed by atoms with Gasteiger partial charge in [-0.05, 0) is 72.0 Å². The highest BCUT2D eigenvalue weighted by Gasteiger charge is 2.36. The van der Waals surface area contributed by atoms with Gasteiger partial charge in [-0.1, -0.05) is 42.5 Å². The number of rotatable bonds is 6. The van der Waals surface area contributed by atoms with Crippen LogP contribution in [0.3, 0.4) is 0 Å². The van der Waals surface area contributed by atoms with E-state index in [1.807, 2.05) is 6.07 Å². The Bertz CT molecular complexity index is 1270. The van der Waals surface area contributed by atoms with E-state index in [9.17, 15) is 14.0 Å². The number of aryl methyl sites for hydroxylation is 1. The summed E-state index contributed by atoms with van der Waals surface area (Å²) in [6.45, 7) is 5.10. The third-order valence-corrected chi connectivity index (χ3v) is 7.48. The fraction of sp³-hybridized carbons (Fsp3) is 0.333. The van der Waals surface area contributed by atoms with E-state index in [2.05, 4.69) is 29.0 Å². The van der Waals surface area contributed by atoms with Crippen LogP contribution in [-0.4, -0.2) is 61.0 Å². The molecule has 0 bridgehead atoms. The first-order valence-corrected chi connectivity index (χ1v) is 12.8. The first kappa shape index (κ1) is 25.1. The second-order valence-corrected chi connectivity index (χ2v) is 10.1. The van der Waals surface area contributed by atoms with Gasteiger partial charge < -0.3 is 15.4 Å². The van der Waals surface area contributed by atoms with Crippen molar-refractivity contribution < 1.29 is 18.7 Å². The second kappa shape index (κ2) is 10.8. The first-order valence-electron chi connectivity index (χ1n) is 12.8. The molecule has 192 valence electrons. The van der Waals surface area contributed by atoms with Crippen molar-refractivity contribution >= 4 is 11.9 Å². The predicted molar refractivity (Wildman–Crippen MR) is 141 cm³/mol. The molecule has 0 aromatic heterocycles. The lowest BCUT2D eigenvalue weighted by molar-refractivity contribution is -0.122. The maximum absolute atomic E-state index is 13.2. The van der Waals surface area contributed by atoms with Gasteiger partial charge in [0, 0.05) is 32.7 Å². The average Bonchev–Trinajstić information content (AvgIpc) is 2.90. The van der Waals surface area contributed by atoms with E-state index in [-0.39, 0.29) is 5.82 Å². The number of primary amides is 1. The number of benzene rings is 3. The number of fused-ring (bicyclic) bond motifs is 1. The van der Waals surface area contributed by atoms with Crippen LogP contribution in [0.5, 0.6) is 0 Å². The van der Waals surface area contributed by atoms with Crippen molar-refractivity contribution in [3.8, 4) is 11.1 Å². The number of ether oxygens (including phenoxy) is 1. The molecule has 3 aromatic rings. The van der Waals surface area contributed by atoms with Gasteiger partial charge in [-0.15, -0.1) is 0 Å². The van der Waals surface area contributed by atoms with Crippen molar-refractivity contribution in [1.82, 2.24) is 9.80 Å². The zero-order chi connectivity index (χ0) is 25.9. The summed E-state index contributed by atoms with van der Waals surface area (Å²) in [5, 5.41) is 0. The zero-order valence-corrected chi connectivity index (χ0v) is 21.0. The van der Waals surface area contributed by atoms with Crippen LogP contribution in [-0.2, 0) is 22.5 Å². The smallest absolute Gasteiger partial charge is 0.338 e. The molecule has 0 radical (unpaired) electrons. The molecule has 2 atom stereocenters. The standard InChI is InChI=1S/C30H32FN3O3/c1-33-14-16-34(17-15-33)19-20-2-12-26-24(18-20)9-13-27(28(26)29(32)35)37-30(36)23-5-3-21(4-6-23)22-7-10-25(31)11-8-22/h2-8,10-12,18,27-28H,9,13-17,19H2,1H3,(H2,32,35). The maximum atomic E-state index is 13.2. The third-order valence-electron chi connectivity index (χ3n) is 7.48. The average molecular weight is 502 g/mol. The van der Waals surface area contributed by atoms with Crippen molar-refractivity contribution in [2.75, 3.05) is 33.2 Å². The fourth-order valence-electron chi connectivity index (χ4n) is 5.32. The summed E-state index contributed by atoms with van der Waals surface area (Å²) in [6.07, 6.45) is 0.646. The number of amides is 1. The molecule has 2 aliphatic rings. The number of likely N-dealkylation sites (N-methyl/N-ethyl adjacent to an activating group) is 1. The van der Waals surface area contributed by atoms with Crippen LogP contribution in [0.25, 0.3) is 11.1 Å². The highest BCUT2D eigenvalue weighted by Crippen LogP contribution is 2.35. The normalized spacial score (nSPS) is 20.3. The Morgan fingerprint density at radius 1 is 0.946 bits per heavy atom. The number of nitrogens with zero attached hydrogens (tertiary/aromatic N) is 2. The molecule has 1 heterocycles. The number of nitrogens with two attached hydrogens (primary N) is 1. The third kappa shape index (κ3) is 5.73. The van der Waals surface area contributed by atoms with Gasteiger partial charge in [0.1, 0.15) is 11.9 Å². The van der Waals surface area contributed by atoms with Crippen LogP contribution in [0.4, 0.5) is 4.39 Å². The van der Waals surface area contributed by atoms with Crippen molar-refractivity contribution in [1.29, 1.82) is 0 Å². The second-order valence-electron chi connectivity index (χ2n) is 10.1. The summed E-state index contributed by atoms with van der Waals surface area (Å²) in [4.78, 5) is 30.2. The van der Waals surface area contributed by atoms with Crippen LogP contribution in [0.1, 0.15) is 39.4 Å². The SMILES string of the molecule is CN1CCN(Cc2ccc3c(c2)CCC(OC(=O)c2ccc(-c4ccc(F)cc4)cc2)C3C(N)=O)CC1. The van der Waals surface area contributed by atoms with Gasteiger partial charge in [0.05, 0.1) is 11.5 Å². The number of carbonyl (C=O) groups is 2. The summed E-state index contributed by atoms with van der Waals surface area (Å²) < 4.78 is 19.0. The van der Waals surface area contributed by atoms with E-state index in [4.69, 9.17) is 10.5 Å². The van der Waals surface area contributed by atoms with Gasteiger partial charge in [0.15, 0.2) is 0 Å². The van der Waals surface area contributed by atoms with Gasteiger partial charge >= 0.3 is 5.97 Å². The molecule has 6 nitrogen and oxygen atoms in total. The van der Waals surface area contributed by atoms with Crippen LogP contribution in [0, 0.1) is 5.82 Å². The molecule has 1 aliphatic heterocycles. The van der Waals surface area contributed by atoms with Crippen molar-refractivity contribution in [3.05, 3.63) is 94.8 Å². The molecule has 3 aromatic carbocycles. The highest BCUT2D eigenvalue weighted by molar-refractivity contribution is 5.91. The van der Waals surface area contributed by atoms with Crippen molar-refractivity contribution in [3.63, 3.8) is 0 Å².